The topological polar surface area (TPSA) is 49.8 Å². The smallest absolute Gasteiger partial charge is 0.410 e. The molecule has 0 heterocycles. The van der Waals surface area contributed by atoms with Crippen LogP contribution in [0.1, 0.15) is 40.0 Å². The SMILES string of the molecule is CN(C(=O)OC(C)(C)C)C12CC(CO)(C1)C2. The van der Waals surface area contributed by atoms with E-state index in [1.54, 1.807) is 11.9 Å². The van der Waals surface area contributed by atoms with Crippen LogP contribution in [0.25, 0.3) is 0 Å². The Balaban J connectivity index is 1.91. The summed E-state index contributed by atoms with van der Waals surface area (Å²) in [6.45, 7) is 5.86. The number of carbonyl (C=O) groups is 1. The molecule has 3 saturated carbocycles. The number of aliphatic hydroxyl groups excluding tert-OH is 1. The largest absolute Gasteiger partial charge is 0.444 e. The van der Waals surface area contributed by atoms with Gasteiger partial charge >= 0.3 is 6.09 Å². The number of carbonyl (C=O) groups excluding carboxylic acids is 1. The summed E-state index contributed by atoms with van der Waals surface area (Å²) in [6, 6.07) is 0. The second kappa shape index (κ2) is 3.13. The quantitative estimate of drug-likeness (QED) is 0.782. The molecular weight excluding hydrogens is 206 g/mol. The van der Waals surface area contributed by atoms with Crippen LogP contribution in [0.4, 0.5) is 4.79 Å². The van der Waals surface area contributed by atoms with Gasteiger partial charge in [0, 0.05) is 24.6 Å². The standard InChI is InChI=1S/C12H21NO3/c1-10(2,3)16-9(15)13(4)12-5-11(6-12,7-12)8-14/h14H,5-8H2,1-4H3. The average Bonchev–Trinajstić information content (AvgIpc) is 1.96. The lowest BCUT2D eigenvalue weighted by Crippen LogP contribution is -2.75. The summed E-state index contributed by atoms with van der Waals surface area (Å²) >= 11 is 0. The molecule has 2 bridgehead atoms. The van der Waals surface area contributed by atoms with Gasteiger partial charge in [0.2, 0.25) is 0 Å². The minimum atomic E-state index is -0.441. The van der Waals surface area contributed by atoms with E-state index < -0.39 is 5.60 Å². The number of nitrogens with zero attached hydrogens (tertiary/aromatic N) is 1. The van der Waals surface area contributed by atoms with E-state index in [0.29, 0.717) is 0 Å². The van der Waals surface area contributed by atoms with Crippen LogP contribution in [0.2, 0.25) is 0 Å². The van der Waals surface area contributed by atoms with E-state index in [0.717, 1.165) is 19.3 Å². The maximum atomic E-state index is 11.9. The van der Waals surface area contributed by atoms with Gasteiger partial charge in [-0.1, -0.05) is 0 Å². The Morgan fingerprint density at radius 1 is 1.38 bits per heavy atom. The molecule has 0 aromatic heterocycles. The first-order valence-electron chi connectivity index (χ1n) is 5.80. The van der Waals surface area contributed by atoms with Crippen LogP contribution in [0.15, 0.2) is 0 Å². The Hall–Kier alpha value is -0.770. The monoisotopic (exact) mass is 227 g/mol. The molecule has 0 aromatic carbocycles. The lowest BCUT2D eigenvalue weighted by Gasteiger charge is -2.72. The van der Waals surface area contributed by atoms with Gasteiger partial charge in [-0.05, 0) is 40.0 Å². The summed E-state index contributed by atoms with van der Waals surface area (Å²) in [7, 11) is 1.80. The summed E-state index contributed by atoms with van der Waals surface area (Å²) in [4.78, 5) is 13.6. The van der Waals surface area contributed by atoms with Gasteiger partial charge in [-0.2, -0.15) is 0 Å². The normalized spacial score (nSPS) is 36.1. The number of amides is 1. The van der Waals surface area contributed by atoms with Gasteiger partial charge in [-0.3, -0.25) is 0 Å². The first kappa shape index (κ1) is 11.7. The van der Waals surface area contributed by atoms with E-state index in [9.17, 15) is 4.79 Å². The number of aliphatic hydroxyl groups is 1. The first-order chi connectivity index (χ1) is 7.22. The molecule has 0 spiro atoms. The highest BCUT2D eigenvalue weighted by Gasteiger charge is 2.70. The predicted octanol–water partition coefficient (Wildman–Crippen LogP) is 1.77. The van der Waals surface area contributed by atoms with Crippen LogP contribution >= 0.6 is 0 Å². The fraction of sp³-hybridized carbons (Fsp3) is 0.917. The molecule has 0 aliphatic heterocycles. The van der Waals surface area contributed by atoms with Crippen molar-refractivity contribution in [2.45, 2.75) is 51.2 Å². The summed E-state index contributed by atoms with van der Waals surface area (Å²) in [5.74, 6) is 0. The van der Waals surface area contributed by atoms with Crippen molar-refractivity contribution in [1.82, 2.24) is 4.90 Å². The highest BCUT2D eigenvalue weighted by molar-refractivity contribution is 5.70. The zero-order chi connectivity index (χ0) is 12.2. The van der Waals surface area contributed by atoms with E-state index in [2.05, 4.69) is 0 Å². The zero-order valence-corrected chi connectivity index (χ0v) is 10.5. The van der Waals surface area contributed by atoms with Gasteiger partial charge in [0.05, 0.1) is 0 Å². The molecule has 4 heteroatoms. The maximum Gasteiger partial charge on any atom is 0.410 e. The molecule has 1 amide bonds. The number of rotatable bonds is 2. The highest BCUT2D eigenvalue weighted by Crippen LogP contribution is 2.69. The van der Waals surface area contributed by atoms with E-state index in [-0.39, 0.29) is 23.7 Å². The summed E-state index contributed by atoms with van der Waals surface area (Å²) in [5, 5.41) is 9.17. The van der Waals surface area contributed by atoms with Crippen LogP contribution < -0.4 is 0 Å². The Morgan fingerprint density at radius 2 is 1.88 bits per heavy atom. The van der Waals surface area contributed by atoms with Crippen molar-refractivity contribution in [3.05, 3.63) is 0 Å². The van der Waals surface area contributed by atoms with E-state index >= 15 is 0 Å². The molecule has 16 heavy (non-hydrogen) atoms. The third-order valence-electron chi connectivity index (χ3n) is 3.83. The number of hydrogen-bond donors (Lipinski definition) is 1. The minimum Gasteiger partial charge on any atom is -0.444 e. The first-order valence-corrected chi connectivity index (χ1v) is 5.80. The van der Waals surface area contributed by atoms with Crippen LogP contribution in [0, 0.1) is 5.41 Å². The lowest BCUT2D eigenvalue weighted by molar-refractivity contribution is -0.221. The van der Waals surface area contributed by atoms with E-state index in [1.165, 1.54) is 0 Å². The molecule has 0 atom stereocenters. The lowest BCUT2D eigenvalue weighted by atomic mass is 9.39. The number of ether oxygens (including phenoxy) is 1. The Kier molecular flexibility index (Phi) is 2.29. The molecule has 4 nitrogen and oxygen atoms in total. The van der Waals surface area contributed by atoms with Gasteiger partial charge in [-0.15, -0.1) is 0 Å². The van der Waals surface area contributed by atoms with Crippen molar-refractivity contribution < 1.29 is 14.6 Å². The minimum absolute atomic E-state index is 0.0228. The molecule has 0 radical (unpaired) electrons. The van der Waals surface area contributed by atoms with Crippen molar-refractivity contribution in [2.75, 3.05) is 13.7 Å². The van der Waals surface area contributed by atoms with Crippen molar-refractivity contribution in [3.63, 3.8) is 0 Å². The van der Waals surface area contributed by atoms with Gasteiger partial charge in [-0.25, -0.2) is 4.79 Å². The van der Waals surface area contributed by atoms with Crippen LogP contribution in [-0.2, 0) is 4.74 Å². The molecule has 3 aliphatic rings. The van der Waals surface area contributed by atoms with Crippen LogP contribution in [-0.4, -0.2) is 40.9 Å². The third kappa shape index (κ3) is 1.59. The van der Waals surface area contributed by atoms with E-state index in [1.807, 2.05) is 20.8 Å². The van der Waals surface area contributed by atoms with Crippen molar-refractivity contribution in [2.24, 2.45) is 5.41 Å². The van der Waals surface area contributed by atoms with Gasteiger partial charge in [0.1, 0.15) is 5.60 Å². The van der Waals surface area contributed by atoms with Crippen molar-refractivity contribution in [1.29, 1.82) is 0 Å². The molecule has 1 N–H and O–H groups in total. The Morgan fingerprint density at radius 3 is 2.25 bits per heavy atom. The predicted molar refractivity (Wildman–Crippen MR) is 60.1 cm³/mol. The maximum absolute atomic E-state index is 11.9. The zero-order valence-electron chi connectivity index (χ0n) is 10.5. The Bertz CT molecular complexity index is 299. The second-order valence-corrected chi connectivity index (χ2v) is 6.45. The molecule has 0 unspecified atom stereocenters. The molecule has 0 aromatic rings. The molecule has 3 aliphatic carbocycles. The Labute approximate surface area is 96.6 Å². The molecule has 3 rings (SSSR count). The third-order valence-corrected chi connectivity index (χ3v) is 3.83. The average molecular weight is 227 g/mol. The number of hydrogen-bond acceptors (Lipinski definition) is 3. The van der Waals surface area contributed by atoms with Crippen LogP contribution in [0.3, 0.4) is 0 Å². The van der Waals surface area contributed by atoms with Crippen LogP contribution in [0.5, 0.6) is 0 Å². The summed E-state index contributed by atoms with van der Waals surface area (Å²) in [5.41, 5.74) is -0.342. The van der Waals surface area contributed by atoms with Crippen molar-refractivity contribution >= 4 is 6.09 Å². The summed E-state index contributed by atoms with van der Waals surface area (Å²) in [6.07, 6.45) is 2.52. The fourth-order valence-electron chi connectivity index (χ4n) is 2.99. The van der Waals surface area contributed by atoms with E-state index in [4.69, 9.17) is 9.84 Å². The molecule has 0 saturated heterocycles. The highest BCUT2D eigenvalue weighted by atomic mass is 16.6. The second-order valence-electron chi connectivity index (χ2n) is 6.45. The van der Waals surface area contributed by atoms with Gasteiger partial charge in [0.25, 0.3) is 0 Å². The molecule has 92 valence electrons. The molecular formula is C12H21NO3. The summed E-state index contributed by atoms with van der Waals surface area (Å²) < 4.78 is 5.34. The van der Waals surface area contributed by atoms with Gasteiger partial charge < -0.3 is 14.7 Å². The van der Waals surface area contributed by atoms with Gasteiger partial charge in [0.15, 0.2) is 0 Å². The van der Waals surface area contributed by atoms with Crippen molar-refractivity contribution in [3.8, 4) is 0 Å². The fourth-order valence-corrected chi connectivity index (χ4v) is 2.99. The molecule has 3 fully saturated rings.